The largest absolute Gasteiger partial charge is 0.497 e. The van der Waals surface area contributed by atoms with Gasteiger partial charge in [-0.2, -0.15) is 0 Å². The van der Waals surface area contributed by atoms with Crippen LogP contribution < -0.4 is 15.8 Å². The average Bonchev–Trinajstić information content (AvgIpc) is 3.18. The molecule has 1 aliphatic carbocycles. The van der Waals surface area contributed by atoms with Gasteiger partial charge in [0, 0.05) is 18.0 Å². The van der Waals surface area contributed by atoms with Gasteiger partial charge in [-0.15, -0.1) is 0 Å². The minimum Gasteiger partial charge on any atom is -0.497 e. The first-order valence-electron chi connectivity index (χ1n) is 10.8. The average molecular weight is 463 g/mol. The van der Waals surface area contributed by atoms with Crippen LogP contribution in [0.2, 0.25) is 0 Å². The van der Waals surface area contributed by atoms with Gasteiger partial charge in [0.25, 0.3) is 0 Å². The number of primary amides is 1. The van der Waals surface area contributed by atoms with E-state index in [1.807, 2.05) is 48.5 Å². The second-order valence-electron chi connectivity index (χ2n) is 8.04. The molecule has 0 saturated heterocycles. The highest BCUT2D eigenvalue weighted by molar-refractivity contribution is 5.95. The van der Waals surface area contributed by atoms with Gasteiger partial charge < -0.3 is 30.7 Å². The van der Waals surface area contributed by atoms with Crippen LogP contribution in [0.25, 0.3) is 11.1 Å². The molecule has 2 amide bonds. The standard InChI is InChI=1S/C26H26N2O6/c1-33-15-10-11-20(21(12-15)25(27)31)24(30)23(29)13-28-26(32)34-14-22-18-8-4-2-6-16(18)17-7-3-5-9-19(17)22/h2-12,22-24,29-30H,13-14H2,1H3,(H2,27,31)(H,28,32). The van der Waals surface area contributed by atoms with Crippen molar-refractivity contribution in [1.29, 1.82) is 0 Å². The molecule has 1 aliphatic rings. The summed E-state index contributed by atoms with van der Waals surface area (Å²) in [6.07, 6.45) is -3.58. The zero-order valence-electron chi connectivity index (χ0n) is 18.6. The molecule has 0 saturated carbocycles. The van der Waals surface area contributed by atoms with Gasteiger partial charge in [0.05, 0.1) is 7.11 Å². The highest BCUT2D eigenvalue weighted by Gasteiger charge is 2.29. The molecule has 2 atom stereocenters. The highest BCUT2D eigenvalue weighted by atomic mass is 16.5. The zero-order valence-corrected chi connectivity index (χ0v) is 18.6. The van der Waals surface area contributed by atoms with Crippen molar-refractivity contribution in [2.24, 2.45) is 5.73 Å². The van der Waals surface area contributed by atoms with Gasteiger partial charge in [0.15, 0.2) is 0 Å². The number of benzene rings is 3. The van der Waals surface area contributed by atoms with E-state index < -0.39 is 24.2 Å². The molecule has 4 rings (SSSR count). The highest BCUT2D eigenvalue weighted by Crippen LogP contribution is 2.44. The molecule has 34 heavy (non-hydrogen) atoms. The maximum Gasteiger partial charge on any atom is 0.407 e. The van der Waals surface area contributed by atoms with Crippen LogP contribution in [0.1, 0.15) is 39.1 Å². The van der Waals surface area contributed by atoms with E-state index >= 15 is 0 Å². The number of amides is 2. The number of alkyl carbamates (subject to hydrolysis) is 1. The van der Waals surface area contributed by atoms with Crippen molar-refractivity contribution in [3.05, 3.63) is 89.0 Å². The van der Waals surface area contributed by atoms with Gasteiger partial charge in [-0.25, -0.2) is 4.79 Å². The van der Waals surface area contributed by atoms with E-state index in [0.29, 0.717) is 5.75 Å². The summed E-state index contributed by atoms with van der Waals surface area (Å²) in [4.78, 5) is 24.1. The Bertz CT molecular complexity index is 1170. The number of methoxy groups -OCH3 is 1. The van der Waals surface area contributed by atoms with Crippen molar-refractivity contribution < 1.29 is 29.3 Å². The van der Waals surface area contributed by atoms with Crippen LogP contribution >= 0.6 is 0 Å². The van der Waals surface area contributed by atoms with Gasteiger partial charge in [0.2, 0.25) is 5.91 Å². The van der Waals surface area contributed by atoms with E-state index in [0.717, 1.165) is 22.3 Å². The summed E-state index contributed by atoms with van der Waals surface area (Å²) >= 11 is 0. The Balaban J connectivity index is 1.36. The summed E-state index contributed by atoms with van der Waals surface area (Å²) in [6, 6.07) is 20.4. The topological polar surface area (TPSA) is 131 Å². The van der Waals surface area contributed by atoms with Crippen LogP contribution in [0.5, 0.6) is 5.75 Å². The molecule has 0 aromatic heterocycles. The Labute approximate surface area is 196 Å². The number of rotatable bonds is 8. The second kappa shape index (κ2) is 9.94. The molecule has 3 aromatic rings. The third kappa shape index (κ3) is 4.59. The van der Waals surface area contributed by atoms with Gasteiger partial charge >= 0.3 is 6.09 Å². The molecule has 5 N–H and O–H groups in total. The Morgan fingerprint density at radius 1 is 1.00 bits per heavy atom. The Morgan fingerprint density at radius 3 is 2.21 bits per heavy atom. The van der Waals surface area contributed by atoms with Gasteiger partial charge in [-0.3, -0.25) is 4.79 Å². The molecule has 176 valence electrons. The predicted molar refractivity (Wildman–Crippen MR) is 126 cm³/mol. The summed E-state index contributed by atoms with van der Waals surface area (Å²) in [5.74, 6) is -0.480. The van der Waals surface area contributed by atoms with E-state index in [2.05, 4.69) is 5.32 Å². The van der Waals surface area contributed by atoms with E-state index in [1.165, 1.54) is 25.3 Å². The van der Waals surface area contributed by atoms with Gasteiger partial charge in [-0.05, 0) is 39.9 Å². The normalized spacial score (nSPS) is 14.0. The van der Waals surface area contributed by atoms with Crippen LogP contribution in [0.15, 0.2) is 66.7 Å². The minimum absolute atomic E-state index is 0.0204. The smallest absolute Gasteiger partial charge is 0.407 e. The number of aliphatic hydroxyl groups excluding tert-OH is 2. The molecule has 0 fully saturated rings. The van der Waals surface area contributed by atoms with E-state index in [-0.39, 0.29) is 30.2 Å². The number of aliphatic hydroxyl groups is 2. The summed E-state index contributed by atoms with van der Waals surface area (Å²) < 4.78 is 10.5. The number of ether oxygens (including phenoxy) is 2. The van der Waals surface area contributed by atoms with Gasteiger partial charge in [0.1, 0.15) is 24.6 Å². The van der Waals surface area contributed by atoms with Crippen molar-refractivity contribution in [2.75, 3.05) is 20.3 Å². The Morgan fingerprint density at radius 2 is 1.62 bits per heavy atom. The molecular formula is C26H26N2O6. The fourth-order valence-electron chi connectivity index (χ4n) is 4.29. The monoisotopic (exact) mass is 462 g/mol. The second-order valence-corrected chi connectivity index (χ2v) is 8.04. The maximum atomic E-state index is 12.3. The third-order valence-corrected chi connectivity index (χ3v) is 6.01. The molecule has 0 heterocycles. The van der Waals surface area contributed by atoms with Crippen LogP contribution in [0.4, 0.5) is 4.79 Å². The van der Waals surface area contributed by atoms with Crippen LogP contribution in [0.3, 0.4) is 0 Å². The van der Waals surface area contributed by atoms with Crippen LogP contribution in [-0.4, -0.2) is 48.6 Å². The summed E-state index contributed by atoms with van der Waals surface area (Å²) in [6.45, 7) is -0.162. The lowest BCUT2D eigenvalue weighted by atomic mass is 9.97. The van der Waals surface area contributed by atoms with Crippen LogP contribution in [-0.2, 0) is 4.74 Å². The van der Waals surface area contributed by atoms with Crippen LogP contribution in [0, 0.1) is 0 Å². The quantitative estimate of drug-likeness (QED) is 0.407. The summed E-state index contributed by atoms with van der Waals surface area (Å²) in [7, 11) is 1.43. The van der Waals surface area contributed by atoms with Crippen molar-refractivity contribution in [1.82, 2.24) is 5.32 Å². The SMILES string of the molecule is COc1ccc(C(O)C(O)CNC(=O)OCC2c3ccccc3-c3ccccc32)c(C(N)=O)c1. The van der Waals surface area contributed by atoms with Crippen molar-refractivity contribution in [3.63, 3.8) is 0 Å². The van der Waals surface area contributed by atoms with E-state index in [1.54, 1.807) is 0 Å². The molecule has 8 heteroatoms. The van der Waals surface area contributed by atoms with E-state index in [9.17, 15) is 19.8 Å². The molecule has 3 aromatic carbocycles. The minimum atomic E-state index is -1.46. The van der Waals surface area contributed by atoms with E-state index in [4.69, 9.17) is 15.2 Å². The maximum absolute atomic E-state index is 12.3. The summed E-state index contributed by atoms with van der Waals surface area (Å²) in [5.41, 5.74) is 9.96. The molecule has 0 bridgehead atoms. The lowest BCUT2D eigenvalue weighted by molar-refractivity contribution is 0.0180. The first-order chi connectivity index (χ1) is 16.4. The Hall–Kier alpha value is -3.88. The number of hydrogen-bond donors (Lipinski definition) is 4. The third-order valence-electron chi connectivity index (χ3n) is 6.01. The van der Waals surface area contributed by atoms with Crippen molar-refractivity contribution in [3.8, 4) is 16.9 Å². The lowest BCUT2D eigenvalue weighted by Crippen LogP contribution is -2.36. The first-order valence-corrected chi connectivity index (χ1v) is 10.8. The fourth-order valence-corrected chi connectivity index (χ4v) is 4.29. The summed E-state index contributed by atoms with van der Waals surface area (Å²) in [5, 5.41) is 23.4. The fraction of sp³-hybridized carbons (Fsp3) is 0.231. The first kappa shape index (κ1) is 23.3. The zero-order chi connectivity index (χ0) is 24.2. The molecule has 0 aliphatic heterocycles. The number of carbonyl (C=O) groups excluding carboxylic acids is 2. The Kier molecular flexibility index (Phi) is 6.81. The molecule has 0 spiro atoms. The predicted octanol–water partition coefficient (Wildman–Crippen LogP) is 2.73. The number of nitrogens with two attached hydrogens (primary N) is 1. The van der Waals surface area contributed by atoms with Crippen molar-refractivity contribution in [2.45, 2.75) is 18.1 Å². The van der Waals surface area contributed by atoms with Gasteiger partial charge in [-0.1, -0.05) is 54.6 Å². The number of fused-ring (bicyclic) bond motifs is 3. The molecule has 8 nitrogen and oxygen atoms in total. The number of carbonyl (C=O) groups is 2. The van der Waals surface area contributed by atoms with Crippen molar-refractivity contribution >= 4 is 12.0 Å². The number of nitrogens with one attached hydrogen (secondary N) is 1. The number of hydrogen-bond acceptors (Lipinski definition) is 6. The molecule has 2 unspecified atom stereocenters. The molecule has 0 radical (unpaired) electrons. The molecular weight excluding hydrogens is 436 g/mol. The lowest BCUT2D eigenvalue weighted by Gasteiger charge is -2.21.